The van der Waals surface area contributed by atoms with Crippen LogP contribution in [0.4, 0.5) is 0 Å². The number of aromatic nitrogens is 4. The lowest BCUT2D eigenvalue weighted by Gasteiger charge is -2.05. The highest BCUT2D eigenvalue weighted by Crippen LogP contribution is 2.09. The zero-order valence-corrected chi connectivity index (χ0v) is 12.0. The number of nitrogens with one attached hydrogen (secondary N) is 2. The number of aromatic amines is 1. The number of hydrogen-bond donors (Lipinski definition) is 2. The minimum atomic E-state index is -0.345. The van der Waals surface area contributed by atoms with E-state index in [1.54, 1.807) is 6.92 Å². The molecule has 22 heavy (non-hydrogen) atoms. The second-order valence-electron chi connectivity index (χ2n) is 4.76. The molecule has 0 saturated carbocycles. The van der Waals surface area contributed by atoms with Crippen LogP contribution >= 0.6 is 0 Å². The number of H-pyrrole nitrogens is 1. The maximum atomic E-state index is 12.1. The number of nitrogens with zero attached hydrogens (tertiary/aromatic N) is 3. The Balaban J connectivity index is 1.73. The third-order valence-corrected chi connectivity index (χ3v) is 3.25. The number of aryl methyl sites for hydroxylation is 1. The number of hydrogen-bond acceptors (Lipinski definition) is 4. The van der Waals surface area contributed by atoms with Gasteiger partial charge in [0.05, 0.1) is 17.6 Å². The van der Waals surface area contributed by atoms with Gasteiger partial charge in [-0.1, -0.05) is 12.1 Å². The molecule has 0 aliphatic rings. The number of para-hydroxylation sites is 2. The molecule has 1 amide bonds. The Hall–Kier alpha value is -2.96. The Bertz CT molecular complexity index is 848. The molecule has 0 radical (unpaired) electrons. The Morgan fingerprint density at radius 3 is 2.86 bits per heavy atom. The highest BCUT2D eigenvalue weighted by molar-refractivity contribution is 5.91. The van der Waals surface area contributed by atoms with Gasteiger partial charge in [0, 0.05) is 12.6 Å². The number of carbonyl (C=O) groups is 1. The van der Waals surface area contributed by atoms with Gasteiger partial charge < -0.3 is 10.3 Å². The molecule has 1 aromatic carbocycles. The average Bonchev–Trinajstić information content (AvgIpc) is 2.96. The number of rotatable bonds is 4. The van der Waals surface area contributed by atoms with Crippen LogP contribution in [0, 0.1) is 0 Å². The first-order chi connectivity index (χ1) is 10.7. The van der Waals surface area contributed by atoms with Crippen molar-refractivity contribution < 1.29 is 4.79 Å². The molecule has 0 aliphatic heterocycles. The average molecular weight is 297 g/mol. The molecular formula is C15H15N5O2. The molecule has 2 aromatic heterocycles. The van der Waals surface area contributed by atoms with Crippen LogP contribution in [0.15, 0.2) is 41.2 Å². The molecule has 0 unspecified atom stereocenters. The Labute approximate surface area is 126 Å². The summed E-state index contributed by atoms with van der Waals surface area (Å²) in [6.07, 6.45) is 0. The molecule has 3 aromatic rings. The van der Waals surface area contributed by atoms with Crippen LogP contribution in [0.5, 0.6) is 0 Å². The maximum absolute atomic E-state index is 12.1. The van der Waals surface area contributed by atoms with E-state index in [-0.39, 0.29) is 23.7 Å². The molecule has 2 N–H and O–H groups in total. The van der Waals surface area contributed by atoms with E-state index in [4.69, 9.17) is 0 Å². The minimum Gasteiger partial charge on any atom is -0.343 e. The summed E-state index contributed by atoms with van der Waals surface area (Å²) in [5, 5.41) is 6.74. The fourth-order valence-corrected chi connectivity index (χ4v) is 2.14. The number of imidazole rings is 1. The van der Waals surface area contributed by atoms with Crippen molar-refractivity contribution in [3.8, 4) is 0 Å². The molecule has 3 rings (SSSR count). The highest BCUT2D eigenvalue weighted by Gasteiger charge is 2.10. The fourth-order valence-electron chi connectivity index (χ4n) is 2.14. The van der Waals surface area contributed by atoms with Crippen LogP contribution in [0.2, 0.25) is 0 Å². The third kappa shape index (κ3) is 2.73. The standard InChI is InChI=1S/C15H15N5O2/c1-2-20-14(21)8-7-12(19-20)15(22)16-9-13-17-10-5-3-4-6-11(10)18-13/h3-8H,2,9H2,1H3,(H,16,22)(H,17,18). The number of fused-ring (bicyclic) bond motifs is 1. The molecule has 0 aliphatic carbocycles. The zero-order valence-electron chi connectivity index (χ0n) is 12.0. The van der Waals surface area contributed by atoms with E-state index in [1.807, 2.05) is 24.3 Å². The molecule has 0 spiro atoms. The summed E-state index contributed by atoms with van der Waals surface area (Å²) in [4.78, 5) is 31.1. The quantitative estimate of drug-likeness (QED) is 0.753. The van der Waals surface area contributed by atoms with Gasteiger partial charge >= 0.3 is 0 Å². The molecular weight excluding hydrogens is 282 g/mol. The summed E-state index contributed by atoms with van der Waals surface area (Å²) in [5.41, 5.74) is 1.75. The van der Waals surface area contributed by atoms with E-state index in [9.17, 15) is 9.59 Å². The molecule has 7 heteroatoms. The molecule has 2 heterocycles. The topological polar surface area (TPSA) is 92.7 Å². The van der Waals surface area contributed by atoms with Crippen molar-refractivity contribution in [3.63, 3.8) is 0 Å². The third-order valence-electron chi connectivity index (χ3n) is 3.25. The first-order valence-electron chi connectivity index (χ1n) is 6.97. The van der Waals surface area contributed by atoms with Gasteiger partial charge in [-0.2, -0.15) is 5.10 Å². The Morgan fingerprint density at radius 1 is 1.27 bits per heavy atom. The van der Waals surface area contributed by atoms with Gasteiger partial charge in [0.1, 0.15) is 11.5 Å². The Morgan fingerprint density at radius 2 is 2.09 bits per heavy atom. The number of benzene rings is 1. The summed E-state index contributed by atoms with van der Waals surface area (Å²) >= 11 is 0. The zero-order chi connectivity index (χ0) is 15.5. The first kappa shape index (κ1) is 14.0. The molecule has 0 atom stereocenters. The number of amides is 1. The molecule has 0 bridgehead atoms. The summed E-state index contributed by atoms with van der Waals surface area (Å²) < 4.78 is 1.25. The van der Waals surface area contributed by atoms with Crippen molar-refractivity contribution in [3.05, 3.63) is 58.3 Å². The Kier molecular flexibility index (Phi) is 3.69. The maximum Gasteiger partial charge on any atom is 0.272 e. The predicted molar refractivity (Wildman–Crippen MR) is 81.4 cm³/mol. The van der Waals surface area contributed by atoms with E-state index in [1.165, 1.54) is 16.8 Å². The van der Waals surface area contributed by atoms with Crippen LogP contribution in [-0.2, 0) is 13.1 Å². The summed E-state index contributed by atoms with van der Waals surface area (Å²) in [7, 11) is 0. The van der Waals surface area contributed by atoms with Crippen molar-refractivity contribution in [2.24, 2.45) is 0 Å². The lowest BCUT2D eigenvalue weighted by molar-refractivity contribution is 0.0942. The molecule has 7 nitrogen and oxygen atoms in total. The van der Waals surface area contributed by atoms with Gasteiger partial charge in [-0.05, 0) is 25.1 Å². The van der Waals surface area contributed by atoms with E-state index >= 15 is 0 Å². The SMILES string of the molecule is CCn1nc(C(=O)NCc2nc3ccccc3[nH]2)ccc1=O. The second-order valence-corrected chi connectivity index (χ2v) is 4.76. The van der Waals surface area contributed by atoms with E-state index in [0.29, 0.717) is 12.4 Å². The molecule has 0 fully saturated rings. The van der Waals surface area contributed by atoms with Crippen molar-refractivity contribution in [1.82, 2.24) is 25.1 Å². The fraction of sp³-hybridized carbons (Fsp3) is 0.200. The predicted octanol–water partition coefficient (Wildman–Crippen LogP) is 1.07. The van der Waals surface area contributed by atoms with Crippen LogP contribution in [-0.4, -0.2) is 25.7 Å². The summed E-state index contributed by atoms with van der Waals surface area (Å²) in [6.45, 7) is 2.48. The minimum absolute atomic E-state index is 0.206. The summed E-state index contributed by atoms with van der Waals surface area (Å²) in [6, 6.07) is 10.4. The smallest absolute Gasteiger partial charge is 0.272 e. The summed E-state index contributed by atoms with van der Waals surface area (Å²) in [5.74, 6) is 0.320. The lowest BCUT2D eigenvalue weighted by Crippen LogP contribution is -2.29. The van der Waals surface area contributed by atoms with Gasteiger partial charge in [-0.3, -0.25) is 9.59 Å². The van der Waals surface area contributed by atoms with E-state index in [0.717, 1.165) is 11.0 Å². The van der Waals surface area contributed by atoms with Crippen molar-refractivity contribution in [2.75, 3.05) is 0 Å². The van der Waals surface area contributed by atoms with Gasteiger partial charge in [0.25, 0.3) is 11.5 Å². The van der Waals surface area contributed by atoms with Crippen molar-refractivity contribution in [2.45, 2.75) is 20.0 Å². The van der Waals surface area contributed by atoms with Crippen LogP contribution in [0.1, 0.15) is 23.2 Å². The van der Waals surface area contributed by atoms with Crippen LogP contribution in [0.3, 0.4) is 0 Å². The molecule has 0 saturated heterocycles. The van der Waals surface area contributed by atoms with Crippen LogP contribution in [0.25, 0.3) is 11.0 Å². The van der Waals surface area contributed by atoms with Gasteiger partial charge in [0.15, 0.2) is 0 Å². The van der Waals surface area contributed by atoms with E-state index in [2.05, 4.69) is 20.4 Å². The molecule has 112 valence electrons. The monoisotopic (exact) mass is 297 g/mol. The van der Waals surface area contributed by atoms with Crippen molar-refractivity contribution >= 4 is 16.9 Å². The van der Waals surface area contributed by atoms with Crippen LogP contribution < -0.4 is 10.9 Å². The van der Waals surface area contributed by atoms with Gasteiger partial charge in [-0.15, -0.1) is 0 Å². The highest BCUT2D eigenvalue weighted by atomic mass is 16.2. The first-order valence-corrected chi connectivity index (χ1v) is 6.97. The lowest BCUT2D eigenvalue weighted by atomic mass is 10.3. The largest absolute Gasteiger partial charge is 0.343 e. The van der Waals surface area contributed by atoms with E-state index < -0.39 is 0 Å². The second kappa shape index (κ2) is 5.80. The van der Waals surface area contributed by atoms with Gasteiger partial charge in [-0.25, -0.2) is 9.67 Å². The van der Waals surface area contributed by atoms with Crippen molar-refractivity contribution in [1.29, 1.82) is 0 Å². The normalized spacial score (nSPS) is 10.8. The number of carbonyl (C=O) groups excluding carboxylic acids is 1. The van der Waals surface area contributed by atoms with Gasteiger partial charge in [0.2, 0.25) is 0 Å².